The van der Waals surface area contributed by atoms with Crippen molar-refractivity contribution in [3.05, 3.63) is 73.9 Å². The number of aromatic nitrogens is 1. The van der Waals surface area contributed by atoms with Gasteiger partial charge in [0.15, 0.2) is 0 Å². The first-order valence-electron chi connectivity index (χ1n) is 12.3. The van der Waals surface area contributed by atoms with Crippen molar-refractivity contribution in [2.45, 2.75) is 60.3 Å². The van der Waals surface area contributed by atoms with Gasteiger partial charge in [-0.3, -0.25) is 4.79 Å². The summed E-state index contributed by atoms with van der Waals surface area (Å²) in [6.45, 7) is 10.2. The molecule has 1 aliphatic rings. The van der Waals surface area contributed by atoms with Crippen molar-refractivity contribution in [1.29, 1.82) is 5.26 Å². The Balaban J connectivity index is 1.69. The van der Waals surface area contributed by atoms with Crippen LogP contribution in [0.25, 0.3) is 11.8 Å². The summed E-state index contributed by atoms with van der Waals surface area (Å²) < 4.78 is 7.45. The topological polar surface area (TPSA) is 84.1 Å². The first kappa shape index (κ1) is 25.5. The summed E-state index contributed by atoms with van der Waals surface area (Å²) in [6.07, 6.45) is 5.36. The van der Waals surface area contributed by atoms with Gasteiger partial charge in [0.1, 0.15) is 16.6 Å². The molecule has 0 radical (unpaired) electrons. The molecule has 0 aliphatic heterocycles. The molecule has 6 nitrogen and oxygen atoms in total. The Kier molecular flexibility index (Phi) is 7.46. The van der Waals surface area contributed by atoms with E-state index in [2.05, 4.69) is 41.9 Å². The molecule has 0 fully saturated rings. The normalized spacial score (nSPS) is 13.2. The number of fused-ring (bicyclic) bond motifs is 1. The first-order valence-corrected chi connectivity index (χ1v) is 13.1. The van der Waals surface area contributed by atoms with E-state index in [1.54, 1.807) is 13.0 Å². The van der Waals surface area contributed by atoms with E-state index in [9.17, 15) is 14.9 Å². The minimum absolute atomic E-state index is 0.0158. The van der Waals surface area contributed by atoms with Crippen molar-refractivity contribution in [2.24, 2.45) is 0 Å². The van der Waals surface area contributed by atoms with E-state index in [-0.39, 0.29) is 12.2 Å². The fourth-order valence-electron chi connectivity index (χ4n) is 4.98. The summed E-state index contributed by atoms with van der Waals surface area (Å²) >= 11 is 1.42. The predicted octanol–water partition coefficient (Wildman–Crippen LogP) is 6.37. The maximum absolute atomic E-state index is 13.2. The van der Waals surface area contributed by atoms with Crippen molar-refractivity contribution >= 4 is 34.3 Å². The molecular formula is C29H31N3O3S. The zero-order chi connectivity index (χ0) is 26.0. The number of nitriles is 1. The lowest BCUT2D eigenvalue weighted by Gasteiger charge is -2.15. The van der Waals surface area contributed by atoms with Crippen LogP contribution in [-0.4, -0.2) is 23.1 Å². The second kappa shape index (κ2) is 10.5. The Morgan fingerprint density at radius 2 is 1.86 bits per heavy atom. The van der Waals surface area contributed by atoms with Crippen LogP contribution in [0.2, 0.25) is 0 Å². The summed E-state index contributed by atoms with van der Waals surface area (Å²) in [5.41, 5.74) is 7.58. The van der Waals surface area contributed by atoms with Gasteiger partial charge >= 0.3 is 5.97 Å². The largest absolute Gasteiger partial charge is 0.462 e. The molecular weight excluding hydrogens is 470 g/mol. The maximum Gasteiger partial charge on any atom is 0.341 e. The Bertz CT molecular complexity index is 1400. The van der Waals surface area contributed by atoms with Gasteiger partial charge in [-0.2, -0.15) is 5.26 Å². The summed E-state index contributed by atoms with van der Waals surface area (Å²) in [7, 11) is 0. The number of aryl methyl sites for hydroxylation is 4. The number of esters is 1. The predicted molar refractivity (Wildman–Crippen MR) is 144 cm³/mol. The second-order valence-corrected chi connectivity index (χ2v) is 10.3. The van der Waals surface area contributed by atoms with Crippen LogP contribution in [0.5, 0.6) is 0 Å². The number of carbonyl (C=O) groups is 2. The quantitative estimate of drug-likeness (QED) is 0.241. The average Bonchev–Trinajstić information content (AvgIpc) is 3.34. The Morgan fingerprint density at radius 1 is 1.17 bits per heavy atom. The molecule has 1 aliphatic carbocycles. The molecule has 2 aromatic heterocycles. The molecule has 2 heterocycles. The fraction of sp³-hybridized carbons (Fsp3) is 0.345. The Morgan fingerprint density at radius 3 is 2.53 bits per heavy atom. The van der Waals surface area contributed by atoms with Gasteiger partial charge in [0.05, 0.1) is 17.9 Å². The number of rotatable bonds is 6. The van der Waals surface area contributed by atoms with E-state index in [0.29, 0.717) is 10.6 Å². The van der Waals surface area contributed by atoms with E-state index >= 15 is 0 Å². The standard InChI is InChI=1S/C29H31N3O3S/c1-6-35-29(34)25-23-12-7-8-13-24(23)36-28(25)31-27(33)22(16-30)15-21-14-19(4)32(20(21)5)26-17(2)10-9-11-18(26)3/h9-11,14-15H,6-8,12-13H2,1-5H3,(H,31,33)/b22-15+. The number of benzene rings is 1. The van der Waals surface area contributed by atoms with Gasteiger partial charge < -0.3 is 14.6 Å². The number of hydrogen-bond donors (Lipinski definition) is 1. The molecule has 1 amide bonds. The SMILES string of the molecule is CCOC(=O)c1c(NC(=O)/C(C#N)=C/c2cc(C)n(-c3c(C)cccc3C)c2C)sc2c1CCCC2. The molecule has 0 spiro atoms. The van der Waals surface area contributed by atoms with Gasteiger partial charge in [-0.15, -0.1) is 11.3 Å². The molecule has 1 N–H and O–H groups in total. The third kappa shape index (κ3) is 4.74. The summed E-state index contributed by atoms with van der Waals surface area (Å²) in [4.78, 5) is 27.1. The van der Waals surface area contributed by atoms with Crippen LogP contribution < -0.4 is 5.32 Å². The summed E-state index contributed by atoms with van der Waals surface area (Å²) in [5.74, 6) is -0.953. The number of para-hydroxylation sites is 1. The fourth-order valence-corrected chi connectivity index (χ4v) is 6.26. The van der Waals surface area contributed by atoms with Crippen molar-refractivity contribution in [3.8, 4) is 11.8 Å². The number of ether oxygens (including phenoxy) is 1. The minimum atomic E-state index is -0.529. The zero-order valence-corrected chi connectivity index (χ0v) is 22.3. The maximum atomic E-state index is 13.2. The van der Waals surface area contributed by atoms with Crippen molar-refractivity contribution in [2.75, 3.05) is 11.9 Å². The third-order valence-corrected chi connectivity index (χ3v) is 7.88. The van der Waals surface area contributed by atoms with Crippen LogP contribution in [-0.2, 0) is 22.4 Å². The molecule has 3 aromatic rings. The molecule has 0 atom stereocenters. The highest BCUT2D eigenvalue weighted by atomic mass is 32.1. The van der Waals surface area contributed by atoms with Crippen molar-refractivity contribution in [1.82, 2.24) is 4.57 Å². The molecule has 0 saturated heterocycles. The van der Waals surface area contributed by atoms with Gasteiger partial charge in [-0.25, -0.2) is 4.79 Å². The Hall–Kier alpha value is -3.63. The molecule has 0 saturated carbocycles. The summed E-state index contributed by atoms with van der Waals surface area (Å²) in [5, 5.41) is 13.2. The second-order valence-electron chi connectivity index (χ2n) is 9.16. The van der Waals surface area contributed by atoms with Gasteiger partial charge in [-0.05, 0) is 94.7 Å². The summed E-state index contributed by atoms with van der Waals surface area (Å²) in [6, 6.07) is 10.2. The molecule has 1 aromatic carbocycles. The Labute approximate surface area is 216 Å². The average molecular weight is 502 g/mol. The van der Waals surface area contributed by atoms with Gasteiger partial charge in [0.25, 0.3) is 5.91 Å². The highest BCUT2D eigenvalue weighted by Crippen LogP contribution is 2.39. The van der Waals surface area contributed by atoms with Gasteiger partial charge in [0, 0.05) is 16.3 Å². The molecule has 186 valence electrons. The zero-order valence-electron chi connectivity index (χ0n) is 21.4. The lowest BCUT2D eigenvalue weighted by molar-refractivity contribution is -0.112. The number of nitrogens with one attached hydrogen (secondary N) is 1. The third-order valence-electron chi connectivity index (χ3n) is 6.68. The molecule has 7 heteroatoms. The van der Waals surface area contributed by atoms with Crippen LogP contribution >= 0.6 is 11.3 Å². The number of anilines is 1. The van der Waals surface area contributed by atoms with Crippen molar-refractivity contribution < 1.29 is 14.3 Å². The highest BCUT2D eigenvalue weighted by Gasteiger charge is 2.28. The molecule has 0 bridgehead atoms. The van der Waals surface area contributed by atoms with E-state index in [4.69, 9.17) is 4.74 Å². The van der Waals surface area contributed by atoms with Gasteiger partial charge in [-0.1, -0.05) is 18.2 Å². The highest BCUT2D eigenvalue weighted by molar-refractivity contribution is 7.17. The van der Waals surface area contributed by atoms with Crippen LogP contribution in [0, 0.1) is 39.0 Å². The minimum Gasteiger partial charge on any atom is -0.462 e. The van der Waals surface area contributed by atoms with Crippen LogP contribution in [0.15, 0.2) is 29.8 Å². The number of amides is 1. The van der Waals surface area contributed by atoms with Crippen molar-refractivity contribution in [3.63, 3.8) is 0 Å². The first-order chi connectivity index (χ1) is 17.3. The van der Waals surface area contributed by atoms with E-state index in [0.717, 1.165) is 69.9 Å². The molecule has 4 rings (SSSR count). The number of thiophene rings is 1. The lowest BCUT2D eigenvalue weighted by Crippen LogP contribution is -2.16. The smallest absolute Gasteiger partial charge is 0.341 e. The van der Waals surface area contributed by atoms with E-state index in [1.807, 2.05) is 26.0 Å². The molecule has 0 unspecified atom stereocenters. The number of hydrogen-bond acceptors (Lipinski definition) is 5. The molecule has 36 heavy (non-hydrogen) atoms. The van der Waals surface area contributed by atoms with E-state index in [1.165, 1.54) is 11.3 Å². The van der Waals surface area contributed by atoms with Crippen LogP contribution in [0.4, 0.5) is 5.00 Å². The van der Waals surface area contributed by atoms with Crippen LogP contribution in [0.1, 0.15) is 68.6 Å². The van der Waals surface area contributed by atoms with Gasteiger partial charge in [0.2, 0.25) is 0 Å². The number of nitrogens with zero attached hydrogens (tertiary/aromatic N) is 2. The van der Waals surface area contributed by atoms with Crippen LogP contribution in [0.3, 0.4) is 0 Å². The van der Waals surface area contributed by atoms with E-state index < -0.39 is 11.9 Å². The monoisotopic (exact) mass is 501 g/mol. The number of carbonyl (C=O) groups excluding carboxylic acids is 2. The lowest BCUT2D eigenvalue weighted by atomic mass is 9.95.